The van der Waals surface area contributed by atoms with Crippen LogP contribution in [0.3, 0.4) is 0 Å². The van der Waals surface area contributed by atoms with Crippen LogP contribution in [0.25, 0.3) is 0 Å². The Kier molecular flexibility index (Phi) is 27.5. The summed E-state index contributed by atoms with van der Waals surface area (Å²) in [4.78, 5) is 11.6. The van der Waals surface area contributed by atoms with Crippen molar-refractivity contribution >= 4 is 5.78 Å². The van der Waals surface area contributed by atoms with Gasteiger partial charge in [-0.2, -0.15) is 0 Å². The molecule has 0 aliphatic carbocycles. The normalized spacial score (nSPS) is 11.8. The third-order valence-electron chi connectivity index (χ3n) is 3.56. The highest BCUT2D eigenvalue weighted by atomic mass is 16.6. The molecule has 0 rings (SSSR count). The maximum absolute atomic E-state index is 11.6. The number of carbonyl (C=O) groups is 1. The van der Waals surface area contributed by atoms with Crippen LogP contribution in [0.2, 0.25) is 0 Å². The first-order valence-electron chi connectivity index (χ1n) is 11.3. The van der Waals surface area contributed by atoms with Crippen LogP contribution in [0.5, 0.6) is 0 Å². The minimum Gasteiger partial charge on any atom is -0.491 e. The Balaban J connectivity index is 0. The number of allylic oxidation sites excluding steroid dienone is 3. The Morgan fingerprint density at radius 1 is 0.742 bits per heavy atom. The lowest BCUT2D eigenvalue weighted by atomic mass is 10.1. The first kappa shape index (κ1) is 31.9. The Bertz CT molecular complexity index is 453. The lowest BCUT2D eigenvalue weighted by Crippen LogP contribution is -2.15. The molecule has 0 fully saturated rings. The fourth-order valence-electron chi connectivity index (χ4n) is 2.23. The second kappa shape index (κ2) is 26.7. The second-order valence-corrected chi connectivity index (χ2v) is 5.93. The smallest absolute Gasteiger partial charge is 0.163 e. The predicted molar refractivity (Wildman–Crippen MR) is 123 cm³/mol. The molecule has 0 bridgehead atoms. The van der Waals surface area contributed by atoms with Crippen molar-refractivity contribution < 1.29 is 33.2 Å². The fraction of sp³-hybridized carbons (Fsp3) is 0.783. The number of nitrogens with two attached hydrogens (primary N) is 1. The largest absolute Gasteiger partial charge is 0.491 e. The van der Waals surface area contributed by atoms with E-state index in [1.165, 1.54) is 6.92 Å². The summed E-state index contributed by atoms with van der Waals surface area (Å²) in [7, 11) is 0. The van der Waals surface area contributed by atoms with E-state index in [-0.39, 0.29) is 5.78 Å². The second-order valence-electron chi connectivity index (χ2n) is 5.93. The summed E-state index contributed by atoms with van der Waals surface area (Å²) in [5.74, 6) is 0.610. The number of ether oxygens (including phenoxy) is 6. The van der Waals surface area contributed by atoms with Gasteiger partial charge in [0.25, 0.3) is 0 Å². The fourth-order valence-corrected chi connectivity index (χ4v) is 2.23. The first-order chi connectivity index (χ1) is 15.2. The van der Waals surface area contributed by atoms with Crippen molar-refractivity contribution in [2.24, 2.45) is 5.73 Å². The lowest BCUT2D eigenvalue weighted by Gasteiger charge is -2.12. The van der Waals surface area contributed by atoms with Crippen molar-refractivity contribution in [1.29, 1.82) is 0 Å². The number of carbonyl (C=O) groups excluding carboxylic acids is 1. The molecule has 0 amide bonds. The molecule has 0 aromatic heterocycles. The summed E-state index contributed by atoms with van der Waals surface area (Å²) in [6.45, 7) is 15.4. The highest BCUT2D eigenvalue weighted by Gasteiger charge is 2.10. The van der Waals surface area contributed by atoms with Gasteiger partial charge >= 0.3 is 0 Å². The molecule has 31 heavy (non-hydrogen) atoms. The van der Waals surface area contributed by atoms with Crippen LogP contribution in [0.15, 0.2) is 23.5 Å². The van der Waals surface area contributed by atoms with E-state index in [9.17, 15) is 4.79 Å². The van der Waals surface area contributed by atoms with Crippen molar-refractivity contribution in [3.8, 4) is 0 Å². The molecule has 8 heteroatoms. The van der Waals surface area contributed by atoms with Crippen LogP contribution in [-0.2, 0) is 33.2 Å². The van der Waals surface area contributed by atoms with Gasteiger partial charge in [0.15, 0.2) is 5.78 Å². The molecule has 0 atom stereocenters. The monoisotopic (exact) mass is 447 g/mol. The van der Waals surface area contributed by atoms with Crippen molar-refractivity contribution in [3.63, 3.8) is 0 Å². The first-order valence-corrected chi connectivity index (χ1v) is 11.3. The molecule has 0 heterocycles. The van der Waals surface area contributed by atoms with E-state index in [4.69, 9.17) is 34.2 Å². The Morgan fingerprint density at radius 2 is 1.13 bits per heavy atom. The molecule has 2 N–H and O–H groups in total. The standard InChI is InChI=1S/C21H39NO7.C2H6/c1-4-6-21(20(5-2)19(3)23)29-18-17-28-16-15-27-14-13-26-12-11-25-10-9-24-8-7-22;1-2/h5-6H,4,7-18,22H2,1-3H3;1-2H3/b20-5-,21-6+;. The van der Waals surface area contributed by atoms with Gasteiger partial charge in [-0.15, -0.1) is 0 Å². The molecule has 0 aliphatic rings. The Morgan fingerprint density at radius 3 is 1.45 bits per heavy atom. The van der Waals surface area contributed by atoms with Crippen LogP contribution >= 0.6 is 0 Å². The number of ketones is 1. The number of Topliss-reactive ketones (excluding diaryl/α,β-unsaturated/α-hetero) is 1. The summed E-state index contributed by atoms with van der Waals surface area (Å²) in [6.07, 6.45) is 4.47. The summed E-state index contributed by atoms with van der Waals surface area (Å²) < 4.78 is 32.5. The summed E-state index contributed by atoms with van der Waals surface area (Å²) in [5, 5.41) is 0. The summed E-state index contributed by atoms with van der Waals surface area (Å²) in [5.41, 5.74) is 5.91. The van der Waals surface area contributed by atoms with Crippen molar-refractivity contribution in [2.45, 2.75) is 41.0 Å². The molecule has 0 aromatic rings. The van der Waals surface area contributed by atoms with Crippen molar-refractivity contribution in [1.82, 2.24) is 0 Å². The Hall–Kier alpha value is -1.29. The maximum atomic E-state index is 11.6. The molecule has 0 unspecified atom stereocenters. The average molecular weight is 448 g/mol. The lowest BCUT2D eigenvalue weighted by molar-refractivity contribution is -0.113. The van der Waals surface area contributed by atoms with Gasteiger partial charge in [0, 0.05) is 6.54 Å². The molecule has 0 aliphatic heterocycles. The molecule has 0 spiro atoms. The third kappa shape index (κ3) is 21.7. The third-order valence-corrected chi connectivity index (χ3v) is 3.56. The van der Waals surface area contributed by atoms with E-state index in [2.05, 4.69) is 0 Å². The van der Waals surface area contributed by atoms with E-state index in [0.717, 1.165) is 6.42 Å². The van der Waals surface area contributed by atoms with E-state index in [1.54, 1.807) is 6.08 Å². The van der Waals surface area contributed by atoms with Gasteiger partial charge in [-0.1, -0.05) is 26.8 Å². The molecule has 0 aromatic carbocycles. The molecule has 184 valence electrons. The maximum Gasteiger partial charge on any atom is 0.163 e. The highest BCUT2D eigenvalue weighted by Crippen LogP contribution is 2.13. The molecule has 0 saturated carbocycles. The SMILES string of the molecule is C/C=C(C(C)=O)\C(=C/CC)OCCOCCOCCOCCOCCOCCN.CC. The van der Waals surface area contributed by atoms with Crippen LogP contribution in [0.4, 0.5) is 0 Å². The van der Waals surface area contributed by atoms with Gasteiger partial charge in [-0.3, -0.25) is 4.79 Å². The van der Waals surface area contributed by atoms with Crippen LogP contribution in [-0.4, -0.2) is 85.0 Å². The quantitative estimate of drug-likeness (QED) is 0.124. The number of hydrogen-bond acceptors (Lipinski definition) is 8. The number of hydrogen-bond donors (Lipinski definition) is 1. The zero-order valence-corrected chi connectivity index (χ0v) is 20.3. The van der Waals surface area contributed by atoms with Gasteiger partial charge in [-0.25, -0.2) is 0 Å². The van der Waals surface area contributed by atoms with Crippen LogP contribution in [0, 0.1) is 0 Å². The highest BCUT2D eigenvalue weighted by molar-refractivity contribution is 5.96. The zero-order chi connectivity index (χ0) is 23.6. The van der Waals surface area contributed by atoms with E-state index in [0.29, 0.717) is 90.6 Å². The summed E-state index contributed by atoms with van der Waals surface area (Å²) >= 11 is 0. The van der Waals surface area contributed by atoms with Gasteiger partial charge in [0.1, 0.15) is 12.4 Å². The van der Waals surface area contributed by atoms with Gasteiger partial charge < -0.3 is 34.2 Å². The summed E-state index contributed by atoms with van der Waals surface area (Å²) in [6, 6.07) is 0. The average Bonchev–Trinajstić information content (AvgIpc) is 2.77. The van der Waals surface area contributed by atoms with E-state index < -0.39 is 0 Å². The van der Waals surface area contributed by atoms with Crippen LogP contribution in [0.1, 0.15) is 41.0 Å². The van der Waals surface area contributed by atoms with Crippen molar-refractivity contribution in [2.75, 3.05) is 79.2 Å². The molecular formula is C23H45NO7. The minimum atomic E-state index is -0.00757. The van der Waals surface area contributed by atoms with Gasteiger partial charge in [0.05, 0.1) is 71.6 Å². The van der Waals surface area contributed by atoms with E-state index >= 15 is 0 Å². The topological polar surface area (TPSA) is 98.5 Å². The minimum absolute atomic E-state index is 0.00757. The molecule has 8 nitrogen and oxygen atoms in total. The van der Waals surface area contributed by atoms with Gasteiger partial charge in [-0.05, 0) is 26.3 Å². The van der Waals surface area contributed by atoms with Gasteiger partial charge in [0.2, 0.25) is 0 Å². The number of rotatable bonds is 21. The molecular weight excluding hydrogens is 402 g/mol. The van der Waals surface area contributed by atoms with Crippen LogP contribution < -0.4 is 5.73 Å². The van der Waals surface area contributed by atoms with Crippen molar-refractivity contribution in [3.05, 3.63) is 23.5 Å². The van der Waals surface area contributed by atoms with E-state index in [1.807, 2.05) is 33.8 Å². The Labute approximate surface area is 189 Å². The molecule has 0 saturated heterocycles. The molecule has 0 radical (unpaired) electrons. The zero-order valence-electron chi connectivity index (χ0n) is 20.3. The predicted octanol–water partition coefficient (Wildman–Crippen LogP) is 2.90.